The van der Waals surface area contributed by atoms with Crippen molar-refractivity contribution in [3.05, 3.63) is 102 Å². The minimum absolute atomic E-state index is 0.260. The molecule has 0 saturated heterocycles. The highest BCUT2D eigenvalue weighted by Gasteiger charge is 2.40. The molecule has 0 spiro atoms. The highest BCUT2D eigenvalue weighted by Crippen LogP contribution is 2.62. The Kier molecular flexibility index (Phi) is 7.86. The SMILES string of the molecule is CCOP(=O)(OCC)C(Nc1ccc(C)cc1)c1cn(-c2ccccc2)nc1-c1ccc(C)cc1. The normalized spacial score (nSPS) is 12.5. The molecular formula is C28H32N3O3P. The topological polar surface area (TPSA) is 65.4 Å². The number of aromatic nitrogens is 2. The van der Waals surface area contributed by atoms with Crippen LogP contribution in [-0.4, -0.2) is 23.0 Å². The molecule has 35 heavy (non-hydrogen) atoms. The Morgan fingerprint density at radius 1 is 0.857 bits per heavy atom. The first-order valence-corrected chi connectivity index (χ1v) is 13.5. The van der Waals surface area contributed by atoms with Gasteiger partial charge in [0.2, 0.25) is 0 Å². The van der Waals surface area contributed by atoms with E-state index in [1.165, 1.54) is 0 Å². The number of aryl methyl sites for hydroxylation is 2. The lowest BCUT2D eigenvalue weighted by atomic mass is 10.1. The smallest absolute Gasteiger partial charge is 0.357 e. The van der Waals surface area contributed by atoms with Crippen molar-refractivity contribution < 1.29 is 13.6 Å². The molecule has 0 fully saturated rings. The van der Waals surface area contributed by atoms with Crippen molar-refractivity contribution in [3.63, 3.8) is 0 Å². The molecule has 6 nitrogen and oxygen atoms in total. The first-order valence-electron chi connectivity index (χ1n) is 11.9. The molecule has 0 aliphatic rings. The van der Waals surface area contributed by atoms with Gasteiger partial charge in [-0.2, -0.15) is 5.10 Å². The fourth-order valence-corrected chi connectivity index (χ4v) is 5.85. The van der Waals surface area contributed by atoms with Crippen LogP contribution in [0.2, 0.25) is 0 Å². The first kappa shape index (κ1) is 24.9. The van der Waals surface area contributed by atoms with Crippen molar-refractivity contribution in [2.24, 2.45) is 0 Å². The molecule has 1 unspecified atom stereocenters. The number of hydrogen-bond donors (Lipinski definition) is 1. The second kappa shape index (κ2) is 11.0. The molecule has 0 radical (unpaired) electrons. The molecule has 0 bridgehead atoms. The molecule has 1 heterocycles. The zero-order valence-corrected chi connectivity index (χ0v) is 21.5. The standard InChI is InChI=1S/C28H32N3O3P/c1-5-33-35(32,34-6-2)28(29-24-18-14-22(4)15-19-24)26-20-31(25-10-8-7-9-11-25)30-27(26)23-16-12-21(3)13-17-23/h7-20,28-29H,5-6H2,1-4H3. The number of nitrogens with one attached hydrogen (secondary N) is 1. The lowest BCUT2D eigenvalue weighted by Gasteiger charge is -2.28. The van der Waals surface area contributed by atoms with Crippen molar-refractivity contribution in [1.82, 2.24) is 9.78 Å². The van der Waals surface area contributed by atoms with Gasteiger partial charge in [0.25, 0.3) is 0 Å². The van der Waals surface area contributed by atoms with Crippen LogP contribution >= 0.6 is 7.60 Å². The van der Waals surface area contributed by atoms with E-state index in [2.05, 4.69) is 5.32 Å². The molecule has 3 aromatic carbocycles. The molecule has 7 heteroatoms. The van der Waals surface area contributed by atoms with E-state index in [9.17, 15) is 4.57 Å². The third kappa shape index (κ3) is 5.73. The van der Waals surface area contributed by atoms with Crippen molar-refractivity contribution in [2.45, 2.75) is 33.5 Å². The van der Waals surface area contributed by atoms with E-state index in [-0.39, 0.29) is 13.2 Å². The molecule has 4 rings (SSSR count). The summed E-state index contributed by atoms with van der Waals surface area (Å²) in [7, 11) is -3.63. The van der Waals surface area contributed by atoms with E-state index in [0.717, 1.165) is 39.3 Å². The molecule has 1 N–H and O–H groups in total. The van der Waals surface area contributed by atoms with Crippen LogP contribution in [0.3, 0.4) is 0 Å². The van der Waals surface area contributed by atoms with Crippen LogP contribution in [0.25, 0.3) is 16.9 Å². The summed E-state index contributed by atoms with van der Waals surface area (Å²) in [6.45, 7) is 8.25. The largest absolute Gasteiger partial charge is 0.368 e. The van der Waals surface area contributed by atoms with Crippen LogP contribution in [0.1, 0.15) is 36.3 Å². The lowest BCUT2D eigenvalue weighted by molar-refractivity contribution is 0.214. The Morgan fingerprint density at radius 2 is 1.43 bits per heavy atom. The molecule has 182 valence electrons. The predicted octanol–water partition coefficient (Wildman–Crippen LogP) is 7.53. The number of para-hydroxylation sites is 1. The van der Waals surface area contributed by atoms with Gasteiger partial charge in [0.05, 0.1) is 24.6 Å². The van der Waals surface area contributed by atoms with Gasteiger partial charge in [-0.3, -0.25) is 4.57 Å². The predicted molar refractivity (Wildman–Crippen MR) is 142 cm³/mol. The highest BCUT2D eigenvalue weighted by atomic mass is 31.2. The molecule has 4 aromatic rings. The molecular weight excluding hydrogens is 457 g/mol. The average Bonchev–Trinajstić information content (AvgIpc) is 3.30. The van der Waals surface area contributed by atoms with E-state index >= 15 is 0 Å². The van der Waals surface area contributed by atoms with E-state index < -0.39 is 13.4 Å². The van der Waals surface area contributed by atoms with E-state index in [4.69, 9.17) is 14.1 Å². The van der Waals surface area contributed by atoms with Crippen molar-refractivity contribution in [3.8, 4) is 16.9 Å². The van der Waals surface area contributed by atoms with Gasteiger partial charge in [-0.05, 0) is 52.0 Å². The lowest BCUT2D eigenvalue weighted by Crippen LogP contribution is -2.15. The van der Waals surface area contributed by atoms with E-state index in [0.29, 0.717) is 0 Å². The molecule has 0 aliphatic carbocycles. The summed E-state index contributed by atoms with van der Waals surface area (Å²) in [6, 6.07) is 26.0. The quantitative estimate of drug-likeness (QED) is 0.233. The zero-order valence-electron chi connectivity index (χ0n) is 20.6. The van der Waals surface area contributed by atoms with Gasteiger partial charge in [0.15, 0.2) is 5.78 Å². The Hall–Kier alpha value is -3.18. The number of anilines is 1. The third-order valence-electron chi connectivity index (χ3n) is 5.67. The maximum atomic E-state index is 14.2. The zero-order chi connectivity index (χ0) is 24.8. The summed E-state index contributed by atoms with van der Waals surface area (Å²) in [5.74, 6) is -0.765. The van der Waals surface area contributed by atoms with Crippen molar-refractivity contribution >= 4 is 13.3 Å². The average molecular weight is 490 g/mol. The number of hydrogen-bond acceptors (Lipinski definition) is 5. The Bertz CT molecular complexity index is 1280. The van der Waals surface area contributed by atoms with Gasteiger partial charge in [0.1, 0.15) is 0 Å². The summed E-state index contributed by atoms with van der Waals surface area (Å²) in [5, 5.41) is 8.39. The van der Waals surface area contributed by atoms with E-state index in [1.807, 2.05) is 117 Å². The van der Waals surface area contributed by atoms with Crippen molar-refractivity contribution in [2.75, 3.05) is 18.5 Å². The summed E-state index contributed by atoms with van der Waals surface area (Å²) >= 11 is 0. The summed E-state index contributed by atoms with van der Waals surface area (Å²) in [6.07, 6.45) is 1.92. The van der Waals surface area contributed by atoms with Crippen LogP contribution in [0, 0.1) is 13.8 Å². The maximum Gasteiger partial charge on any atom is 0.357 e. The Balaban J connectivity index is 1.91. The van der Waals surface area contributed by atoms with Gasteiger partial charge < -0.3 is 14.4 Å². The fourth-order valence-electron chi connectivity index (χ4n) is 3.92. The van der Waals surface area contributed by atoms with Crippen LogP contribution in [0.5, 0.6) is 0 Å². The maximum absolute atomic E-state index is 14.2. The number of benzene rings is 3. The molecule has 0 amide bonds. The summed E-state index contributed by atoms with van der Waals surface area (Å²) in [5.41, 5.74) is 6.41. The first-order chi connectivity index (χ1) is 16.9. The fraction of sp³-hybridized carbons (Fsp3) is 0.250. The number of rotatable bonds is 10. The van der Waals surface area contributed by atoms with Crippen LogP contribution in [0.4, 0.5) is 5.69 Å². The Morgan fingerprint density at radius 3 is 2.00 bits per heavy atom. The van der Waals surface area contributed by atoms with Gasteiger partial charge in [-0.25, -0.2) is 4.68 Å². The van der Waals surface area contributed by atoms with Gasteiger partial charge in [-0.1, -0.05) is 65.7 Å². The summed E-state index contributed by atoms with van der Waals surface area (Å²) < 4.78 is 27.7. The van der Waals surface area contributed by atoms with Gasteiger partial charge in [0, 0.05) is 23.0 Å². The van der Waals surface area contributed by atoms with Crippen LogP contribution in [0.15, 0.2) is 85.1 Å². The molecule has 0 saturated carbocycles. The van der Waals surface area contributed by atoms with Gasteiger partial charge in [-0.15, -0.1) is 0 Å². The molecule has 0 aliphatic heterocycles. The van der Waals surface area contributed by atoms with Crippen LogP contribution in [-0.2, 0) is 13.6 Å². The Labute approximate surface area is 207 Å². The van der Waals surface area contributed by atoms with Crippen LogP contribution < -0.4 is 5.32 Å². The van der Waals surface area contributed by atoms with Gasteiger partial charge >= 0.3 is 7.60 Å². The molecule has 1 atom stereocenters. The second-order valence-electron chi connectivity index (χ2n) is 8.37. The number of nitrogens with zero attached hydrogens (tertiary/aromatic N) is 2. The minimum Gasteiger partial charge on any atom is -0.368 e. The highest BCUT2D eigenvalue weighted by molar-refractivity contribution is 7.54. The molecule has 1 aromatic heterocycles. The second-order valence-corrected chi connectivity index (χ2v) is 10.5. The third-order valence-corrected chi connectivity index (χ3v) is 7.95. The minimum atomic E-state index is -3.63. The van der Waals surface area contributed by atoms with Crippen molar-refractivity contribution in [1.29, 1.82) is 0 Å². The van der Waals surface area contributed by atoms with E-state index in [1.54, 1.807) is 0 Å². The summed E-state index contributed by atoms with van der Waals surface area (Å²) in [4.78, 5) is 0. The monoisotopic (exact) mass is 489 g/mol.